The summed E-state index contributed by atoms with van der Waals surface area (Å²) in [6, 6.07) is 12.5. The van der Waals surface area contributed by atoms with Gasteiger partial charge in [0.2, 0.25) is 5.13 Å². The smallest absolute Gasteiger partial charge is 0.311 e. The Hall–Kier alpha value is -4.22. The van der Waals surface area contributed by atoms with E-state index in [1.807, 2.05) is 19.1 Å². The summed E-state index contributed by atoms with van der Waals surface area (Å²) in [5.74, 6) is 0.520. The van der Waals surface area contributed by atoms with E-state index < -0.39 is 5.56 Å². The van der Waals surface area contributed by atoms with Crippen molar-refractivity contribution in [2.24, 2.45) is 5.10 Å². The maximum absolute atomic E-state index is 12.8. The maximum atomic E-state index is 12.8. The molecular formula is C26H24ClN5O5S. The molecule has 2 heterocycles. The number of carbonyl (C=O) groups excluding carboxylic acids is 1. The third-order valence-corrected chi connectivity index (χ3v) is 6.27. The highest BCUT2D eigenvalue weighted by atomic mass is 35.5. The number of carbonyl (C=O) groups is 1. The lowest BCUT2D eigenvalue weighted by atomic mass is 10.2. The van der Waals surface area contributed by atoms with E-state index in [-0.39, 0.29) is 23.2 Å². The summed E-state index contributed by atoms with van der Waals surface area (Å²) in [5.41, 5.74) is 5.31. The number of anilines is 1. The van der Waals surface area contributed by atoms with E-state index in [1.54, 1.807) is 48.9 Å². The van der Waals surface area contributed by atoms with Crippen LogP contribution in [0.25, 0.3) is 5.69 Å². The van der Waals surface area contributed by atoms with Crippen LogP contribution in [0.1, 0.15) is 23.7 Å². The van der Waals surface area contributed by atoms with Crippen LogP contribution in [-0.2, 0) is 16.0 Å². The number of benzene rings is 2. The molecule has 10 nitrogen and oxygen atoms in total. The summed E-state index contributed by atoms with van der Waals surface area (Å²) in [7, 11) is 1.50. The van der Waals surface area contributed by atoms with Crippen molar-refractivity contribution in [1.29, 1.82) is 0 Å². The fraction of sp³-hybridized carbons (Fsp3) is 0.192. The van der Waals surface area contributed by atoms with Gasteiger partial charge in [-0.15, -0.1) is 11.3 Å². The van der Waals surface area contributed by atoms with Gasteiger partial charge in [-0.25, -0.2) is 4.98 Å². The van der Waals surface area contributed by atoms with Crippen molar-refractivity contribution in [2.45, 2.75) is 20.3 Å². The molecule has 0 bridgehead atoms. The number of aromatic nitrogens is 3. The summed E-state index contributed by atoms with van der Waals surface area (Å²) < 4.78 is 17.5. The normalized spacial score (nSPS) is 10.9. The van der Waals surface area contributed by atoms with E-state index in [1.165, 1.54) is 29.3 Å². The minimum atomic E-state index is -0.505. The second-order valence-corrected chi connectivity index (χ2v) is 9.12. The van der Waals surface area contributed by atoms with Crippen LogP contribution in [0.3, 0.4) is 0 Å². The number of hydrogen-bond donors (Lipinski definition) is 1. The fourth-order valence-corrected chi connectivity index (χ4v) is 4.11. The van der Waals surface area contributed by atoms with Gasteiger partial charge in [-0.05, 0) is 49.7 Å². The van der Waals surface area contributed by atoms with Gasteiger partial charge in [-0.2, -0.15) is 14.9 Å². The van der Waals surface area contributed by atoms with Crippen LogP contribution in [-0.4, -0.2) is 40.7 Å². The predicted octanol–water partition coefficient (Wildman–Crippen LogP) is 5.00. The molecule has 2 aromatic heterocycles. The molecule has 0 unspecified atom stereocenters. The average Bonchev–Trinajstić information content (AvgIpc) is 3.35. The van der Waals surface area contributed by atoms with Crippen LogP contribution in [0.4, 0.5) is 5.13 Å². The van der Waals surface area contributed by atoms with Gasteiger partial charge < -0.3 is 14.2 Å². The molecule has 0 amide bonds. The fourth-order valence-electron chi connectivity index (χ4n) is 3.29. The molecule has 0 fully saturated rings. The van der Waals surface area contributed by atoms with Crippen LogP contribution < -0.4 is 20.5 Å². The zero-order valence-corrected chi connectivity index (χ0v) is 22.4. The number of thiazole rings is 1. The van der Waals surface area contributed by atoms with Crippen molar-refractivity contribution in [3.63, 3.8) is 0 Å². The lowest BCUT2D eigenvalue weighted by Gasteiger charge is -2.13. The van der Waals surface area contributed by atoms with Crippen molar-refractivity contribution in [1.82, 2.24) is 14.8 Å². The first-order chi connectivity index (χ1) is 18.4. The van der Waals surface area contributed by atoms with Gasteiger partial charge in [0.1, 0.15) is 0 Å². The summed E-state index contributed by atoms with van der Waals surface area (Å²) in [5, 5.41) is 10.6. The number of rotatable bonds is 10. The van der Waals surface area contributed by atoms with Crippen LogP contribution in [0.5, 0.6) is 17.2 Å². The van der Waals surface area contributed by atoms with E-state index >= 15 is 0 Å². The molecule has 0 saturated carbocycles. The Bertz CT molecular complexity index is 1520. The summed E-state index contributed by atoms with van der Waals surface area (Å²) in [6.45, 7) is 4.04. The highest BCUT2D eigenvalue weighted by Crippen LogP contribution is 2.34. The second-order valence-electron chi connectivity index (χ2n) is 7.88. The number of hydrogen-bond acceptors (Lipinski definition) is 10. The van der Waals surface area contributed by atoms with Crippen LogP contribution >= 0.6 is 22.9 Å². The van der Waals surface area contributed by atoms with Crippen molar-refractivity contribution in [3.05, 3.63) is 86.2 Å². The Balaban J connectivity index is 1.44. The van der Waals surface area contributed by atoms with Gasteiger partial charge in [0.05, 0.1) is 43.9 Å². The zero-order valence-electron chi connectivity index (χ0n) is 20.8. The Kier molecular flexibility index (Phi) is 8.72. The molecule has 0 saturated heterocycles. The minimum absolute atomic E-state index is 0.101. The van der Waals surface area contributed by atoms with Crippen LogP contribution in [0.2, 0.25) is 5.02 Å². The first-order valence-electron chi connectivity index (χ1n) is 11.5. The molecule has 2 aromatic carbocycles. The van der Waals surface area contributed by atoms with E-state index in [9.17, 15) is 9.59 Å². The maximum Gasteiger partial charge on any atom is 0.311 e. The molecule has 4 aromatic rings. The largest absolute Gasteiger partial charge is 0.493 e. The first-order valence-corrected chi connectivity index (χ1v) is 12.7. The monoisotopic (exact) mass is 553 g/mol. The van der Waals surface area contributed by atoms with Gasteiger partial charge in [-0.1, -0.05) is 29.3 Å². The van der Waals surface area contributed by atoms with Crippen LogP contribution in [0, 0.1) is 6.92 Å². The molecule has 0 aliphatic heterocycles. The van der Waals surface area contributed by atoms with Crippen molar-refractivity contribution in [3.8, 4) is 22.9 Å². The first kappa shape index (κ1) is 26.8. The zero-order chi connectivity index (χ0) is 27.1. The number of methoxy groups -OCH3 is 1. The highest BCUT2D eigenvalue weighted by Gasteiger charge is 2.15. The molecule has 1 N–H and O–H groups in total. The quantitative estimate of drug-likeness (QED) is 0.166. The molecule has 0 aliphatic carbocycles. The number of ether oxygens (including phenoxy) is 3. The third-order valence-electron chi connectivity index (χ3n) is 5.13. The molecule has 38 heavy (non-hydrogen) atoms. The van der Waals surface area contributed by atoms with E-state index in [0.29, 0.717) is 40.2 Å². The minimum Gasteiger partial charge on any atom is -0.493 e. The Morgan fingerprint density at radius 3 is 2.71 bits per heavy atom. The van der Waals surface area contributed by atoms with Gasteiger partial charge >= 0.3 is 5.97 Å². The number of nitrogens with one attached hydrogen (secondary N) is 1. The molecule has 0 atom stereocenters. The number of aryl methyl sites for hydroxylation is 1. The molecule has 12 heteroatoms. The second kappa shape index (κ2) is 12.3. The molecule has 0 radical (unpaired) electrons. The van der Waals surface area contributed by atoms with Gasteiger partial charge in [-0.3, -0.25) is 15.0 Å². The molecular weight excluding hydrogens is 530 g/mol. The lowest BCUT2D eigenvalue weighted by Crippen LogP contribution is -2.21. The van der Waals surface area contributed by atoms with Gasteiger partial charge in [0.25, 0.3) is 5.56 Å². The van der Waals surface area contributed by atoms with E-state index in [0.717, 1.165) is 5.56 Å². The van der Waals surface area contributed by atoms with Crippen LogP contribution in [0.15, 0.2) is 63.9 Å². The SMILES string of the molecule is CCOC(=O)Cc1csc(NN=Cc2ccc(Oc3cnn(-c4ccc(C)cc4)c(=O)c3Cl)c(OC)c2)n1. The summed E-state index contributed by atoms with van der Waals surface area (Å²) >= 11 is 7.65. The highest BCUT2D eigenvalue weighted by molar-refractivity contribution is 7.13. The van der Waals surface area contributed by atoms with Crippen molar-refractivity contribution < 1.29 is 19.0 Å². The Morgan fingerprint density at radius 1 is 1.18 bits per heavy atom. The average molecular weight is 554 g/mol. The number of esters is 1. The third kappa shape index (κ3) is 6.55. The standard InChI is InChI=1S/C26H24ClN5O5S/c1-4-36-23(33)12-18-15-38-26(30-18)31-28-13-17-7-10-20(21(11-17)35-3)37-22-14-29-32(25(34)24(22)27)19-8-5-16(2)6-9-19/h5-11,13-15H,4,12H2,1-3H3,(H,30,31). The molecule has 196 valence electrons. The van der Waals surface area contributed by atoms with Crippen molar-refractivity contribution in [2.75, 3.05) is 19.1 Å². The number of nitrogens with zero attached hydrogens (tertiary/aromatic N) is 4. The number of halogens is 1. The van der Waals surface area contributed by atoms with Gasteiger partial charge in [0, 0.05) is 5.38 Å². The molecule has 0 aliphatic rings. The molecule has 4 rings (SSSR count). The topological polar surface area (TPSA) is 117 Å². The number of hydrazone groups is 1. The summed E-state index contributed by atoms with van der Waals surface area (Å²) in [6.07, 6.45) is 3.07. The van der Waals surface area contributed by atoms with Crippen molar-refractivity contribution >= 4 is 40.3 Å². The summed E-state index contributed by atoms with van der Waals surface area (Å²) in [4.78, 5) is 28.7. The van der Waals surface area contributed by atoms with E-state index in [4.69, 9.17) is 25.8 Å². The Labute approximate surface area is 227 Å². The van der Waals surface area contributed by atoms with E-state index in [2.05, 4.69) is 20.6 Å². The Morgan fingerprint density at radius 2 is 1.97 bits per heavy atom. The molecule has 0 spiro atoms. The predicted molar refractivity (Wildman–Crippen MR) is 146 cm³/mol. The van der Waals surface area contributed by atoms with Gasteiger partial charge in [0.15, 0.2) is 22.3 Å². The lowest BCUT2D eigenvalue weighted by molar-refractivity contribution is -0.142.